The minimum absolute atomic E-state index is 0.00987. The van der Waals surface area contributed by atoms with Crippen LogP contribution in [0.2, 0.25) is 5.02 Å². The quantitative estimate of drug-likeness (QED) is 0.564. The van der Waals surface area contributed by atoms with Gasteiger partial charge in [0.05, 0.1) is 12.0 Å². The van der Waals surface area contributed by atoms with Crippen molar-refractivity contribution >= 4 is 33.5 Å². The van der Waals surface area contributed by atoms with Crippen LogP contribution >= 0.6 is 11.6 Å². The van der Waals surface area contributed by atoms with Gasteiger partial charge in [-0.15, -0.1) is 0 Å². The van der Waals surface area contributed by atoms with Crippen molar-refractivity contribution < 1.29 is 27.5 Å². The molecule has 0 saturated carbocycles. The van der Waals surface area contributed by atoms with Gasteiger partial charge in [0.25, 0.3) is 5.91 Å². The molecule has 0 unspecified atom stereocenters. The Morgan fingerprint density at radius 3 is 2.33 bits per heavy atom. The van der Waals surface area contributed by atoms with E-state index in [-0.39, 0.29) is 22.8 Å². The molecule has 0 aromatic heterocycles. The van der Waals surface area contributed by atoms with Gasteiger partial charge in [-0.1, -0.05) is 36.6 Å². The zero-order valence-electron chi connectivity index (χ0n) is 18.4. The average Bonchev–Trinajstić information content (AvgIpc) is 3.12. The molecular formula is C23H27ClN2O6S. The lowest BCUT2D eigenvalue weighted by atomic mass is 10.2. The predicted molar refractivity (Wildman–Crippen MR) is 124 cm³/mol. The molecule has 0 radical (unpaired) electrons. The molecule has 8 nitrogen and oxygen atoms in total. The maximum absolute atomic E-state index is 13.1. The second kappa shape index (κ2) is 11.5. The third kappa shape index (κ3) is 6.69. The van der Waals surface area contributed by atoms with Crippen LogP contribution in [-0.4, -0.2) is 51.4 Å². The van der Waals surface area contributed by atoms with Gasteiger partial charge in [-0.05, 0) is 48.7 Å². The number of carbonyl (C=O) groups is 2. The Morgan fingerprint density at radius 1 is 1.03 bits per heavy atom. The molecule has 0 bridgehead atoms. The number of rotatable bonds is 8. The van der Waals surface area contributed by atoms with E-state index < -0.39 is 28.5 Å². The highest BCUT2D eigenvalue weighted by Crippen LogP contribution is 2.26. The van der Waals surface area contributed by atoms with Crippen molar-refractivity contribution in [2.45, 2.75) is 37.1 Å². The number of ether oxygens (including phenoxy) is 2. The Bertz CT molecular complexity index is 1080. The maximum atomic E-state index is 13.1. The van der Waals surface area contributed by atoms with Crippen LogP contribution in [0.3, 0.4) is 0 Å². The number of halogens is 1. The van der Waals surface area contributed by atoms with Gasteiger partial charge in [-0.2, -0.15) is 4.31 Å². The first-order valence-corrected chi connectivity index (χ1v) is 12.5. The summed E-state index contributed by atoms with van der Waals surface area (Å²) in [5, 5.41) is 3.24. The molecule has 0 spiro atoms. The van der Waals surface area contributed by atoms with Gasteiger partial charge >= 0.3 is 5.97 Å². The van der Waals surface area contributed by atoms with Gasteiger partial charge < -0.3 is 14.8 Å². The molecule has 0 aliphatic carbocycles. The van der Waals surface area contributed by atoms with Gasteiger partial charge in [0.1, 0.15) is 11.3 Å². The van der Waals surface area contributed by atoms with Crippen molar-refractivity contribution in [3.05, 3.63) is 58.6 Å². The molecule has 3 rings (SSSR count). The number of sulfonamides is 1. The maximum Gasteiger partial charge on any atom is 0.342 e. The topological polar surface area (TPSA) is 102 Å². The number of nitrogens with one attached hydrogen (secondary N) is 1. The lowest BCUT2D eigenvalue weighted by molar-refractivity contribution is -0.124. The van der Waals surface area contributed by atoms with E-state index in [2.05, 4.69) is 5.32 Å². The molecule has 178 valence electrons. The summed E-state index contributed by atoms with van der Waals surface area (Å²) in [5.74, 6) is -1.18. The molecule has 1 aliphatic heterocycles. The fourth-order valence-corrected chi connectivity index (χ4v) is 5.17. The number of methoxy groups -OCH3 is 1. The standard InChI is InChI=1S/C23H27ClN2O6S/c1-31-21-11-10-19(33(29,30)26-12-4-2-3-5-13-26)14-20(21)23(28)32-16-22(27)25-15-17-6-8-18(24)9-7-17/h6-11,14H,2-5,12-13,15-16H2,1H3,(H,25,27). The number of amides is 1. The highest BCUT2D eigenvalue weighted by atomic mass is 35.5. The minimum atomic E-state index is -3.76. The summed E-state index contributed by atoms with van der Waals surface area (Å²) in [5.41, 5.74) is 0.783. The molecule has 1 N–H and O–H groups in total. The lowest BCUT2D eigenvalue weighted by Crippen LogP contribution is -2.32. The first-order chi connectivity index (χ1) is 15.8. The summed E-state index contributed by atoms with van der Waals surface area (Å²) in [7, 11) is -2.39. The lowest BCUT2D eigenvalue weighted by Gasteiger charge is -2.20. The summed E-state index contributed by atoms with van der Waals surface area (Å²) in [6, 6.07) is 11.0. The van der Waals surface area contributed by atoms with Gasteiger partial charge in [0, 0.05) is 24.7 Å². The molecule has 1 fully saturated rings. The minimum Gasteiger partial charge on any atom is -0.496 e. The molecule has 2 aromatic carbocycles. The number of hydrogen-bond acceptors (Lipinski definition) is 6. The smallest absolute Gasteiger partial charge is 0.342 e. The fourth-order valence-electron chi connectivity index (χ4n) is 3.50. The van der Waals surface area contributed by atoms with Crippen molar-refractivity contribution in [1.82, 2.24) is 9.62 Å². The van der Waals surface area contributed by atoms with E-state index in [9.17, 15) is 18.0 Å². The first kappa shape index (κ1) is 25.0. The Kier molecular flexibility index (Phi) is 8.71. The zero-order chi connectivity index (χ0) is 23.8. The van der Waals surface area contributed by atoms with Crippen molar-refractivity contribution in [2.24, 2.45) is 0 Å². The van der Waals surface area contributed by atoms with E-state index in [1.165, 1.54) is 29.6 Å². The molecular weight excluding hydrogens is 468 g/mol. The van der Waals surface area contributed by atoms with E-state index in [1.54, 1.807) is 24.3 Å². The normalized spacial score (nSPS) is 14.8. The molecule has 0 atom stereocenters. The molecule has 2 aromatic rings. The molecule has 1 amide bonds. The van der Waals surface area contributed by atoms with E-state index in [1.807, 2.05) is 0 Å². The second-order valence-electron chi connectivity index (χ2n) is 7.66. The summed E-state index contributed by atoms with van der Waals surface area (Å²) >= 11 is 5.84. The average molecular weight is 495 g/mol. The molecule has 33 heavy (non-hydrogen) atoms. The summed E-state index contributed by atoms with van der Waals surface area (Å²) in [6.07, 6.45) is 3.59. The molecule has 1 aliphatic rings. The SMILES string of the molecule is COc1ccc(S(=O)(=O)N2CCCCCC2)cc1C(=O)OCC(=O)NCc1ccc(Cl)cc1. The van der Waals surface area contributed by atoms with Crippen LogP contribution in [0.5, 0.6) is 5.75 Å². The third-order valence-electron chi connectivity index (χ3n) is 5.33. The summed E-state index contributed by atoms with van der Waals surface area (Å²) in [4.78, 5) is 24.7. The number of nitrogens with zero attached hydrogens (tertiary/aromatic N) is 1. The van der Waals surface area contributed by atoms with Gasteiger partial charge in [0.15, 0.2) is 6.61 Å². The zero-order valence-corrected chi connectivity index (χ0v) is 20.0. The van der Waals surface area contributed by atoms with Crippen LogP contribution in [-0.2, 0) is 26.1 Å². The van der Waals surface area contributed by atoms with Crippen LogP contribution in [0.4, 0.5) is 0 Å². The van der Waals surface area contributed by atoms with Gasteiger partial charge in [0.2, 0.25) is 10.0 Å². The Hall–Kier alpha value is -2.62. The number of esters is 1. The first-order valence-electron chi connectivity index (χ1n) is 10.7. The van der Waals surface area contributed by atoms with Crippen molar-refractivity contribution in [3.63, 3.8) is 0 Å². The number of carbonyl (C=O) groups excluding carboxylic acids is 2. The van der Waals surface area contributed by atoms with Crippen molar-refractivity contribution in [1.29, 1.82) is 0 Å². The van der Waals surface area contributed by atoms with Crippen LogP contribution in [0.15, 0.2) is 47.4 Å². The number of benzene rings is 2. The molecule has 1 heterocycles. The predicted octanol–water partition coefficient (Wildman–Crippen LogP) is 3.39. The second-order valence-corrected chi connectivity index (χ2v) is 10.0. The van der Waals surface area contributed by atoms with Gasteiger partial charge in [-0.25, -0.2) is 13.2 Å². The largest absolute Gasteiger partial charge is 0.496 e. The fraction of sp³-hybridized carbons (Fsp3) is 0.391. The Labute approximate surface area is 198 Å². The monoisotopic (exact) mass is 494 g/mol. The van der Waals surface area contributed by atoms with Crippen LogP contribution in [0.1, 0.15) is 41.6 Å². The third-order valence-corrected chi connectivity index (χ3v) is 7.48. The van der Waals surface area contributed by atoms with Crippen molar-refractivity contribution in [3.8, 4) is 5.75 Å². The van der Waals surface area contributed by atoms with Crippen LogP contribution < -0.4 is 10.1 Å². The summed E-state index contributed by atoms with van der Waals surface area (Å²) < 4.78 is 37.9. The Morgan fingerprint density at radius 2 is 1.70 bits per heavy atom. The Balaban J connectivity index is 1.66. The highest BCUT2D eigenvalue weighted by Gasteiger charge is 2.27. The van der Waals surface area contributed by atoms with E-state index in [0.717, 1.165) is 31.2 Å². The van der Waals surface area contributed by atoms with Crippen molar-refractivity contribution in [2.75, 3.05) is 26.8 Å². The number of hydrogen-bond donors (Lipinski definition) is 1. The van der Waals surface area contributed by atoms with Crippen LogP contribution in [0, 0.1) is 0 Å². The molecule has 10 heteroatoms. The molecule has 1 saturated heterocycles. The highest BCUT2D eigenvalue weighted by molar-refractivity contribution is 7.89. The van der Waals surface area contributed by atoms with Crippen LogP contribution in [0.25, 0.3) is 0 Å². The van der Waals surface area contributed by atoms with E-state index >= 15 is 0 Å². The van der Waals surface area contributed by atoms with Gasteiger partial charge in [-0.3, -0.25) is 4.79 Å². The summed E-state index contributed by atoms with van der Waals surface area (Å²) in [6.45, 7) is 0.628. The van der Waals surface area contributed by atoms with E-state index in [0.29, 0.717) is 18.1 Å². The van der Waals surface area contributed by atoms with E-state index in [4.69, 9.17) is 21.1 Å².